The van der Waals surface area contributed by atoms with Crippen LogP contribution in [0.3, 0.4) is 0 Å². The zero-order chi connectivity index (χ0) is 22.3. The van der Waals surface area contributed by atoms with Crippen LogP contribution in [0.25, 0.3) is 0 Å². The van der Waals surface area contributed by atoms with Gasteiger partial charge in [-0.05, 0) is 42.5 Å². The van der Waals surface area contributed by atoms with Gasteiger partial charge in [0.05, 0.1) is 23.9 Å². The van der Waals surface area contributed by atoms with E-state index in [1.54, 1.807) is 66.7 Å². The molecule has 0 spiro atoms. The Morgan fingerprint density at radius 3 is 2.32 bits per heavy atom. The molecule has 0 aliphatic carbocycles. The lowest BCUT2D eigenvalue weighted by Gasteiger charge is -2.23. The Kier molecular flexibility index (Phi) is 7.28. The number of benzene rings is 3. The summed E-state index contributed by atoms with van der Waals surface area (Å²) in [6.07, 6.45) is 1.39. The van der Waals surface area contributed by atoms with E-state index in [0.717, 1.165) is 4.31 Å². The van der Waals surface area contributed by atoms with Crippen LogP contribution in [-0.2, 0) is 14.8 Å². The molecule has 31 heavy (non-hydrogen) atoms. The summed E-state index contributed by atoms with van der Waals surface area (Å²) in [5, 5.41) is 4.36. The number of carbonyl (C=O) groups excluding carboxylic acids is 1. The van der Waals surface area contributed by atoms with Crippen LogP contribution in [0, 0.1) is 0 Å². The molecule has 1 N–H and O–H groups in total. The minimum atomic E-state index is -3.99. The van der Waals surface area contributed by atoms with Crippen molar-refractivity contribution in [1.29, 1.82) is 0 Å². The molecule has 7 nitrogen and oxygen atoms in total. The van der Waals surface area contributed by atoms with E-state index in [-0.39, 0.29) is 4.90 Å². The van der Waals surface area contributed by atoms with E-state index < -0.39 is 22.5 Å². The van der Waals surface area contributed by atoms with Gasteiger partial charge in [0.25, 0.3) is 15.9 Å². The molecule has 0 heterocycles. The fourth-order valence-corrected chi connectivity index (χ4v) is 4.33. The van der Waals surface area contributed by atoms with Crippen LogP contribution in [0.5, 0.6) is 5.75 Å². The predicted octanol–water partition coefficient (Wildman–Crippen LogP) is 3.69. The lowest BCUT2D eigenvalue weighted by Crippen LogP contribution is -2.39. The second-order valence-electron chi connectivity index (χ2n) is 6.34. The predicted molar refractivity (Wildman–Crippen MR) is 121 cm³/mol. The van der Waals surface area contributed by atoms with Crippen LogP contribution >= 0.6 is 11.6 Å². The summed E-state index contributed by atoms with van der Waals surface area (Å²) in [6.45, 7) is -0.469. The van der Waals surface area contributed by atoms with Gasteiger partial charge in [0, 0.05) is 10.6 Å². The molecule has 9 heteroatoms. The average molecular weight is 458 g/mol. The number of sulfonamides is 1. The summed E-state index contributed by atoms with van der Waals surface area (Å²) in [5.41, 5.74) is 3.28. The van der Waals surface area contributed by atoms with Crippen LogP contribution in [0.15, 0.2) is 88.9 Å². The zero-order valence-electron chi connectivity index (χ0n) is 16.6. The van der Waals surface area contributed by atoms with Gasteiger partial charge < -0.3 is 4.74 Å². The zero-order valence-corrected chi connectivity index (χ0v) is 18.2. The van der Waals surface area contributed by atoms with Crippen molar-refractivity contribution in [2.75, 3.05) is 18.0 Å². The molecule has 1 amide bonds. The Morgan fingerprint density at radius 2 is 1.68 bits per heavy atom. The van der Waals surface area contributed by atoms with Gasteiger partial charge in [-0.3, -0.25) is 9.10 Å². The summed E-state index contributed by atoms with van der Waals surface area (Å²) in [7, 11) is -2.48. The number of hydrazone groups is 1. The lowest BCUT2D eigenvalue weighted by atomic mass is 10.2. The Labute approximate surface area is 186 Å². The molecule has 0 bridgehead atoms. The number of hydrogen-bond donors (Lipinski definition) is 1. The van der Waals surface area contributed by atoms with Crippen LogP contribution < -0.4 is 14.5 Å². The Balaban J connectivity index is 1.84. The molecule has 0 saturated carbocycles. The van der Waals surface area contributed by atoms with Crippen molar-refractivity contribution in [3.8, 4) is 5.75 Å². The van der Waals surface area contributed by atoms with E-state index in [0.29, 0.717) is 22.0 Å². The summed E-state index contributed by atoms with van der Waals surface area (Å²) < 4.78 is 32.6. The standard InChI is InChI=1S/C22H20ClN3O4S/c1-30-19-13-11-18(12-14-19)26(31(28,29)20-8-3-2-4-9-20)16-22(27)25-24-15-17-7-5-6-10-21(17)23/h2-15H,16H2,1H3,(H,25,27). The molecule has 0 aromatic heterocycles. The molecular weight excluding hydrogens is 438 g/mol. The van der Waals surface area contributed by atoms with Crippen molar-refractivity contribution < 1.29 is 17.9 Å². The lowest BCUT2D eigenvalue weighted by molar-refractivity contribution is -0.119. The number of nitrogens with one attached hydrogen (secondary N) is 1. The normalized spacial score (nSPS) is 11.3. The summed E-state index contributed by atoms with van der Waals surface area (Å²) in [6, 6.07) is 21.3. The van der Waals surface area contributed by atoms with Gasteiger partial charge >= 0.3 is 0 Å². The number of carbonyl (C=O) groups is 1. The van der Waals surface area contributed by atoms with Gasteiger partial charge in [-0.2, -0.15) is 5.10 Å². The quantitative estimate of drug-likeness (QED) is 0.412. The molecule has 0 aliphatic heterocycles. The van der Waals surface area contributed by atoms with Gasteiger partial charge in [0.1, 0.15) is 12.3 Å². The van der Waals surface area contributed by atoms with Crippen molar-refractivity contribution in [3.05, 3.63) is 89.4 Å². The second-order valence-corrected chi connectivity index (χ2v) is 8.61. The number of anilines is 1. The number of hydrogen-bond acceptors (Lipinski definition) is 5. The fraction of sp³-hybridized carbons (Fsp3) is 0.0909. The number of ether oxygens (including phenoxy) is 1. The third kappa shape index (κ3) is 5.62. The number of nitrogens with zero attached hydrogens (tertiary/aromatic N) is 2. The second kappa shape index (κ2) is 10.1. The van der Waals surface area contributed by atoms with Gasteiger partial charge in [-0.1, -0.05) is 48.0 Å². The molecule has 160 valence electrons. The molecule has 0 atom stereocenters. The van der Waals surface area contributed by atoms with E-state index in [2.05, 4.69) is 10.5 Å². The molecule has 0 radical (unpaired) electrons. The fourth-order valence-electron chi connectivity index (χ4n) is 2.70. The minimum Gasteiger partial charge on any atom is -0.497 e. The van der Waals surface area contributed by atoms with Crippen molar-refractivity contribution >= 4 is 39.4 Å². The molecule has 0 fully saturated rings. The van der Waals surface area contributed by atoms with Crippen molar-refractivity contribution in [3.63, 3.8) is 0 Å². The molecule has 3 aromatic carbocycles. The van der Waals surface area contributed by atoms with E-state index in [9.17, 15) is 13.2 Å². The Morgan fingerprint density at radius 1 is 1.03 bits per heavy atom. The molecular formula is C22H20ClN3O4S. The Hall–Kier alpha value is -3.36. The summed E-state index contributed by atoms with van der Waals surface area (Å²) in [5.74, 6) is -0.0479. The van der Waals surface area contributed by atoms with Gasteiger partial charge in [0.2, 0.25) is 0 Å². The van der Waals surface area contributed by atoms with E-state index in [1.807, 2.05) is 0 Å². The average Bonchev–Trinajstić information content (AvgIpc) is 2.79. The van der Waals surface area contributed by atoms with Crippen LogP contribution in [0.1, 0.15) is 5.56 Å². The van der Waals surface area contributed by atoms with Crippen molar-refractivity contribution in [1.82, 2.24) is 5.43 Å². The Bertz CT molecular complexity index is 1170. The van der Waals surface area contributed by atoms with E-state index in [4.69, 9.17) is 16.3 Å². The summed E-state index contributed by atoms with van der Waals surface area (Å²) in [4.78, 5) is 12.6. The van der Waals surface area contributed by atoms with Gasteiger partial charge in [0.15, 0.2) is 0 Å². The first-order valence-corrected chi connectivity index (χ1v) is 11.0. The van der Waals surface area contributed by atoms with Gasteiger partial charge in [-0.15, -0.1) is 0 Å². The number of methoxy groups -OCH3 is 1. The van der Waals surface area contributed by atoms with E-state index in [1.165, 1.54) is 25.5 Å². The van der Waals surface area contributed by atoms with Crippen molar-refractivity contribution in [2.45, 2.75) is 4.90 Å². The first kappa shape index (κ1) is 22.3. The molecule has 3 aromatic rings. The molecule has 0 aliphatic rings. The van der Waals surface area contributed by atoms with Crippen molar-refractivity contribution in [2.24, 2.45) is 5.10 Å². The van der Waals surface area contributed by atoms with Crippen LogP contribution in [0.4, 0.5) is 5.69 Å². The minimum absolute atomic E-state index is 0.0678. The maximum atomic E-state index is 13.2. The molecule has 0 saturated heterocycles. The number of amides is 1. The molecule has 3 rings (SSSR count). The third-order valence-electron chi connectivity index (χ3n) is 4.28. The highest BCUT2D eigenvalue weighted by Gasteiger charge is 2.27. The molecule has 0 unspecified atom stereocenters. The van der Waals surface area contributed by atoms with Gasteiger partial charge in [-0.25, -0.2) is 13.8 Å². The monoisotopic (exact) mass is 457 g/mol. The third-order valence-corrected chi connectivity index (χ3v) is 6.41. The topological polar surface area (TPSA) is 88.1 Å². The largest absolute Gasteiger partial charge is 0.497 e. The smallest absolute Gasteiger partial charge is 0.264 e. The first-order valence-electron chi connectivity index (χ1n) is 9.20. The highest BCUT2D eigenvalue weighted by atomic mass is 35.5. The maximum absolute atomic E-state index is 13.2. The number of halogens is 1. The SMILES string of the molecule is COc1ccc(N(CC(=O)NN=Cc2ccccc2Cl)S(=O)(=O)c2ccccc2)cc1. The maximum Gasteiger partial charge on any atom is 0.264 e. The van der Waals surface area contributed by atoms with E-state index >= 15 is 0 Å². The number of rotatable bonds is 8. The van der Waals surface area contributed by atoms with Crippen LogP contribution in [0.2, 0.25) is 5.02 Å². The highest BCUT2D eigenvalue weighted by molar-refractivity contribution is 7.92. The highest BCUT2D eigenvalue weighted by Crippen LogP contribution is 2.25. The van der Waals surface area contributed by atoms with Crippen LogP contribution in [-0.4, -0.2) is 34.2 Å². The first-order chi connectivity index (χ1) is 14.9. The summed E-state index contributed by atoms with van der Waals surface area (Å²) >= 11 is 6.05.